The Morgan fingerprint density at radius 1 is 1.36 bits per heavy atom. The second-order valence-electron chi connectivity index (χ2n) is 6.13. The summed E-state index contributed by atoms with van der Waals surface area (Å²) < 4.78 is 27.1. The Kier molecular flexibility index (Phi) is 4.19. The van der Waals surface area contributed by atoms with Gasteiger partial charge in [-0.2, -0.15) is 0 Å². The fraction of sp³-hybridized carbons (Fsp3) is 0.278. The second kappa shape index (κ2) is 6.50. The Labute approximate surface area is 145 Å². The van der Waals surface area contributed by atoms with Crippen LogP contribution in [-0.2, 0) is 11.3 Å². The fourth-order valence-corrected chi connectivity index (χ4v) is 3.03. The highest BCUT2D eigenvalue weighted by molar-refractivity contribution is 6.61. The lowest BCUT2D eigenvalue weighted by Crippen LogP contribution is -2.28. The van der Waals surface area contributed by atoms with Gasteiger partial charge in [0.15, 0.2) is 0 Å². The molecule has 2 heterocycles. The summed E-state index contributed by atoms with van der Waals surface area (Å²) in [7, 11) is -1.01. The number of imidazole rings is 1. The molecule has 4 rings (SSSR count). The number of nitrogens with zero attached hydrogens (tertiary/aromatic N) is 2. The highest BCUT2D eigenvalue weighted by Crippen LogP contribution is 2.25. The van der Waals surface area contributed by atoms with Crippen LogP contribution in [-0.4, -0.2) is 28.3 Å². The van der Waals surface area contributed by atoms with Crippen molar-refractivity contribution >= 4 is 23.6 Å². The summed E-state index contributed by atoms with van der Waals surface area (Å²) in [6.07, 6.45) is 3.65. The minimum Gasteiger partial charge on any atom is -0.494 e. The third-order valence-electron chi connectivity index (χ3n) is 4.42. The standard InChI is InChI=1S/C18H18BFN2O3/c1-2-3-6-24-13-4-5-17-16(8-13)21-11-22(17)18-9-14-12(7-15(18)20)10-25-19(14)23/h4-5,7-9,11,23H,2-3,6,10H2,1H3. The molecule has 0 atom stereocenters. The number of fused-ring (bicyclic) bond motifs is 2. The van der Waals surface area contributed by atoms with Gasteiger partial charge < -0.3 is 14.4 Å². The van der Waals surface area contributed by atoms with Crippen molar-refractivity contribution in [3.8, 4) is 11.4 Å². The van der Waals surface area contributed by atoms with E-state index < -0.39 is 7.12 Å². The predicted octanol–water partition coefficient (Wildman–Crippen LogP) is 2.56. The maximum Gasteiger partial charge on any atom is 0.491 e. The monoisotopic (exact) mass is 340 g/mol. The van der Waals surface area contributed by atoms with Crippen molar-refractivity contribution in [1.29, 1.82) is 0 Å². The molecule has 1 aromatic heterocycles. The lowest BCUT2D eigenvalue weighted by atomic mass is 9.79. The van der Waals surface area contributed by atoms with Gasteiger partial charge in [0.2, 0.25) is 0 Å². The van der Waals surface area contributed by atoms with Gasteiger partial charge in [-0.05, 0) is 41.7 Å². The summed E-state index contributed by atoms with van der Waals surface area (Å²) in [4.78, 5) is 4.36. The average molecular weight is 340 g/mol. The molecule has 0 fully saturated rings. The molecule has 0 aliphatic carbocycles. The predicted molar refractivity (Wildman–Crippen MR) is 93.8 cm³/mol. The molecule has 0 unspecified atom stereocenters. The van der Waals surface area contributed by atoms with E-state index in [9.17, 15) is 9.41 Å². The molecule has 0 radical (unpaired) electrons. The second-order valence-corrected chi connectivity index (χ2v) is 6.13. The van der Waals surface area contributed by atoms with E-state index in [1.807, 2.05) is 18.2 Å². The largest absolute Gasteiger partial charge is 0.494 e. The van der Waals surface area contributed by atoms with E-state index in [0.29, 0.717) is 23.3 Å². The SMILES string of the molecule is CCCCOc1ccc2c(c1)ncn2-c1cc2c(cc1F)COB2O. The normalized spacial score (nSPS) is 13.5. The molecule has 7 heteroatoms. The molecule has 128 valence electrons. The van der Waals surface area contributed by atoms with Crippen LogP contribution in [0.4, 0.5) is 4.39 Å². The Bertz CT molecular complexity index is 928. The van der Waals surface area contributed by atoms with Crippen molar-refractivity contribution in [2.24, 2.45) is 0 Å². The molecule has 1 N–H and O–H groups in total. The van der Waals surface area contributed by atoms with Gasteiger partial charge in [0.1, 0.15) is 17.9 Å². The van der Waals surface area contributed by atoms with Crippen molar-refractivity contribution in [2.75, 3.05) is 6.61 Å². The van der Waals surface area contributed by atoms with E-state index in [-0.39, 0.29) is 12.4 Å². The lowest BCUT2D eigenvalue weighted by Gasteiger charge is -2.09. The Morgan fingerprint density at radius 3 is 3.08 bits per heavy atom. The molecule has 1 aliphatic heterocycles. The van der Waals surface area contributed by atoms with Crippen LogP contribution in [0.3, 0.4) is 0 Å². The molecule has 0 bridgehead atoms. The molecular weight excluding hydrogens is 322 g/mol. The number of benzene rings is 2. The maximum atomic E-state index is 14.5. The van der Waals surface area contributed by atoms with Crippen LogP contribution in [0.5, 0.6) is 5.75 Å². The quantitative estimate of drug-likeness (QED) is 0.573. The number of halogens is 1. The van der Waals surface area contributed by atoms with Crippen LogP contribution >= 0.6 is 0 Å². The molecule has 3 aromatic rings. The zero-order chi connectivity index (χ0) is 17.4. The van der Waals surface area contributed by atoms with E-state index in [2.05, 4.69) is 11.9 Å². The zero-order valence-corrected chi connectivity index (χ0v) is 13.9. The molecule has 0 saturated carbocycles. The van der Waals surface area contributed by atoms with Crippen LogP contribution in [0.2, 0.25) is 0 Å². The minimum atomic E-state index is -1.01. The van der Waals surface area contributed by atoms with Crippen molar-refractivity contribution in [2.45, 2.75) is 26.4 Å². The van der Waals surface area contributed by atoms with Gasteiger partial charge in [-0.15, -0.1) is 0 Å². The maximum absolute atomic E-state index is 14.5. The number of ether oxygens (including phenoxy) is 1. The van der Waals surface area contributed by atoms with Gasteiger partial charge in [0.05, 0.1) is 29.9 Å². The zero-order valence-electron chi connectivity index (χ0n) is 13.9. The van der Waals surface area contributed by atoms with Crippen LogP contribution in [0, 0.1) is 5.82 Å². The summed E-state index contributed by atoms with van der Waals surface area (Å²) in [6, 6.07) is 8.61. The summed E-state index contributed by atoms with van der Waals surface area (Å²) in [5, 5.41) is 9.86. The van der Waals surface area contributed by atoms with E-state index in [4.69, 9.17) is 9.39 Å². The van der Waals surface area contributed by atoms with Crippen LogP contribution in [0.15, 0.2) is 36.7 Å². The fourth-order valence-electron chi connectivity index (χ4n) is 3.03. The molecule has 0 saturated heterocycles. The first-order chi connectivity index (χ1) is 12.2. The van der Waals surface area contributed by atoms with Gasteiger partial charge in [-0.1, -0.05) is 13.3 Å². The molecule has 5 nitrogen and oxygen atoms in total. The van der Waals surface area contributed by atoms with Gasteiger partial charge >= 0.3 is 7.12 Å². The number of aromatic nitrogens is 2. The molecular formula is C18H18BFN2O3. The smallest absolute Gasteiger partial charge is 0.491 e. The summed E-state index contributed by atoms with van der Waals surface area (Å²) in [5.74, 6) is 0.378. The van der Waals surface area contributed by atoms with Crippen molar-refractivity contribution < 1.29 is 18.8 Å². The molecule has 25 heavy (non-hydrogen) atoms. The summed E-state index contributed by atoms with van der Waals surface area (Å²) in [5.41, 5.74) is 3.11. The van der Waals surface area contributed by atoms with Crippen LogP contribution in [0.1, 0.15) is 25.3 Å². The Morgan fingerprint density at radius 2 is 2.24 bits per heavy atom. The van der Waals surface area contributed by atoms with E-state index in [1.54, 1.807) is 17.0 Å². The Balaban J connectivity index is 1.72. The number of unbranched alkanes of at least 4 members (excludes halogenated alkanes) is 1. The highest BCUT2D eigenvalue weighted by Gasteiger charge is 2.29. The van der Waals surface area contributed by atoms with Gasteiger partial charge in [0, 0.05) is 6.07 Å². The van der Waals surface area contributed by atoms with E-state index in [0.717, 1.165) is 29.6 Å². The molecule has 0 amide bonds. The first kappa shape index (κ1) is 16.1. The summed E-state index contributed by atoms with van der Waals surface area (Å²) >= 11 is 0. The van der Waals surface area contributed by atoms with Crippen LogP contribution < -0.4 is 10.2 Å². The first-order valence-corrected chi connectivity index (χ1v) is 8.39. The topological polar surface area (TPSA) is 56.5 Å². The summed E-state index contributed by atoms with van der Waals surface area (Å²) in [6.45, 7) is 3.00. The van der Waals surface area contributed by atoms with Crippen molar-refractivity contribution in [1.82, 2.24) is 9.55 Å². The first-order valence-electron chi connectivity index (χ1n) is 8.39. The van der Waals surface area contributed by atoms with Crippen molar-refractivity contribution in [3.63, 3.8) is 0 Å². The van der Waals surface area contributed by atoms with Gasteiger partial charge in [-0.25, -0.2) is 9.37 Å². The van der Waals surface area contributed by atoms with Crippen LogP contribution in [0.25, 0.3) is 16.7 Å². The molecule has 1 aliphatic rings. The lowest BCUT2D eigenvalue weighted by molar-refractivity contribution is 0.275. The molecule has 0 spiro atoms. The third-order valence-corrected chi connectivity index (χ3v) is 4.42. The molecule has 2 aromatic carbocycles. The van der Waals surface area contributed by atoms with Crippen molar-refractivity contribution in [3.05, 3.63) is 48.0 Å². The van der Waals surface area contributed by atoms with E-state index >= 15 is 0 Å². The minimum absolute atomic E-state index is 0.219. The number of hydrogen-bond acceptors (Lipinski definition) is 4. The van der Waals surface area contributed by atoms with Gasteiger partial charge in [0.25, 0.3) is 0 Å². The average Bonchev–Trinajstić information content (AvgIpc) is 3.18. The highest BCUT2D eigenvalue weighted by atomic mass is 19.1. The number of hydrogen-bond donors (Lipinski definition) is 1. The Hall–Kier alpha value is -2.38. The third kappa shape index (κ3) is 2.90. The number of rotatable bonds is 5. The van der Waals surface area contributed by atoms with E-state index in [1.165, 1.54) is 6.07 Å². The van der Waals surface area contributed by atoms with Gasteiger partial charge in [-0.3, -0.25) is 4.57 Å².